The molecule has 1 aromatic carbocycles. The van der Waals surface area contributed by atoms with Gasteiger partial charge in [0, 0.05) is 13.0 Å². The van der Waals surface area contributed by atoms with Gasteiger partial charge in [0.1, 0.15) is 11.6 Å². The van der Waals surface area contributed by atoms with E-state index in [1.165, 1.54) is 6.07 Å². The molecule has 17 heavy (non-hydrogen) atoms. The second-order valence-corrected chi connectivity index (χ2v) is 4.81. The number of rotatable bonds is 7. The van der Waals surface area contributed by atoms with Gasteiger partial charge in [-0.3, -0.25) is 0 Å². The van der Waals surface area contributed by atoms with E-state index in [1.54, 1.807) is 13.0 Å². The monoisotopic (exact) mass is 302 g/mol. The third kappa shape index (κ3) is 5.94. The lowest BCUT2D eigenvalue weighted by Gasteiger charge is -2.04. The van der Waals surface area contributed by atoms with Crippen LogP contribution in [0, 0.1) is 5.82 Å². The van der Waals surface area contributed by atoms with Gasteiger partial charge in [-0.25, -0.2) is 4.39 Å². The molecular weight excluding hydrogens is 287 g/mol. The molecule has 0 N–H and O–H groups in total. The van der Waals surface area contributed by atoms with Crippen LogP contribution in [0.15, 0.2) is 22.7 Å². The molecule has 1 aromatic rings. The summed E-state index contributed by atoms with van der Waals surface area (Å²) in [6.07, 6.45) is 2.32. The number of carbonyl (C=O) groups excluding carboxylic acids is 1. The molecule has 94 valence electrons. The number of hydrogen-bond donors (Lipinski definition) is 0. The molecule has 0 atom stereocenters. The number of carbonyl (C=O) groups is 1. The Bertz CT molecular complexity index is 380. The zero-order valence-electron chi connectivity index (χ0n) is 9.84. The lowest BCUT2D eigenvalue weighted by Crippen LogP contribution is -1.98. The summed E-state index contributed by atoms with van der Waals surface area (Å²) >= 11 is 3.10. The van der Waals surface area contributed by atoms with Gasteiger partial charge in [-0.05, 0) is 53.4 Å². The first-order valence-corrected chi connectivity index (χ1v) is 6.40. The van der Waals surface area contributed by atoms with E-state index < -0.39 is 0 Å². The smallest absolute Gasteiger partial charge is 0.137 e. The van der Waals surface area contributed by atoms with Crippen LogP contribution < -0.4 is 0 Å². The van der Waals surface area contributed by atoms with Gasteiger partial charge in [0.05, 0.1) is 11.1 Å². The minimum absolute atomic E-state index is 0.208. The number of halogens is 2. The van der Waals surface area contributed by atoms with Gasteiger partial charge in [0.2, 0.25) is 0 Å². The van der Waals surface area contributed by atoms with Crippen molar-refractivity contribution >= 4 is 21.7 Å². The molecule has 1 rings (SSSR count). The molecule has 0 aromatic heterocycles. The van der Waals surface area contributed by atoms with Crippen molar-refractivity contribution in [1.29, 1.82) is 0 Å². The topological polar surface area (TPSA) is 26.3 Å². The normalized spacial score (nSPS) is 10.5. The van der Waals surface area contributed by atoms with Crippen LogP contribution in [-0.2, 0) is 16.1 Å². The van der Waals surface area contributed by atoms with Crippen molar-refractivity contribution in [3.05, 3.63) is 34.1 Å². The first-order chi connectivity index (χ1) is 8.09. The van der Waals surface area contributed by atoms with Crippen molar-refractivity contribution in [2.75, 3.05) is 6.61 Å². The van der Waals surface area contributed by atoms with Crippen LogP contribution >= 0.6 is 15.9 Å². The van der Waals surface area contributed by atoms with E-state index in [2.05, 4.69) is 15.9 Å². The van der Waals surface area contributed by atoms with E-state index >= 15 is 0 Å². The molecule has 2 nitrogen and oxygen atoms in total. The van der Waals surface area contributed by atoms with Crippen molar-refractivity contribution in [2.24, 2.45) is 0 Å². The van der Waals surface area contributed by atoms with E-state index in [-0.39, 0.29) is 11.6 Å². The molecule has 0 aliphatic rings. The molecule has 0 saturated heterocycles. The van der Waals surface area contributed by atoms with Crippen LogP contribution in [0.3, 0.4) is 0 Å². The first-order valence-electron chi connectivity index (χ1n) is 5.60. The van der Waals surface area contributed by atoms with Crippen LogP contribution in [0.4, 0.5) is 4.39 Å². The van der Waals surface area contributed by atoms with Crippen LogP contribution in [0.2, 0.25) is 0 Å². The van der Waals surface area contributed by atoms with Crippen molar-refractivity contribution < 1.29 is 13.9 Å². The predicted octanol–water partition coefficient (Wildman–Crippen LogP) is 3.86. The van der Waals surface area contributed by atoms with E-state index in [0.29, 0.717) is 24.1 Å². The molecule has 0 heterocycles. The zero-order valence-corrected chi connectivity index (χ0v) is 11.4. The lowest BCUT2D eigenvalue weighted by molar-refractivity contribution is -0.117. The number of benzene rings is 1. The molecule has 0 saturated carbocycles. The van der Waals surface area contributed by atoms with Gasteiger partial charge in [-0.2, -0.15) is 0 Å². The molecule has 0 radical (unpaired) electrons. The summed E-state index contributed by atoms with van der Waals surface area (Å²) in [6, 6.07) is 4.95. The minimum Gasteiger partial charge on any atom is -0.377 e. The fourth-order valence-corrected chi connectivity index (χ4v) is 1.64. The summed E-state index contributed by atoms with van der Waals surface area (Å²) in [6.45, 7) is 2.60. The highest BCUT2D eigenvalue weighted by Crippen LogP contribution is 2.16. The summed E-state index contributed by atoms with van der Waals surface area (Å²) in [5.41, 5.74) is 0.817. The SMILES string of the molecule is CC(=O)CCCCOCc1ccc(Br)c(F)c1. The number of Topliss-reactive ketones (excluding diaryl/α,β-unsaturated/α-hetero) is 1. The maximum atomic E-state index is 13.2. The summed E-state index contributed by atoms with van der Waals surface area (Å²) in [5, 5.41) is 0. The first kappa shape index (κ1) is 14.3. The van der Waals surface area contributed by atoms with Crippen molar-refractivity contribution in [3.63, 3.8) is 0 Å². The third-order valence-electron chi connectivity index (χ3n) is 2.32. The molecule has 0 fully saturated rings. The Morgan fingerprint density at radius 3 is 2.82 bits per heavy atom. The van der Waals surface area contributed by atoms with Crippen LogP contribution in [-0.4, -0.2) is 12.4 Å². The fraction of sp³-hybridized carbons (Fsp3) is 0.462. The summed E-state index contributed by atoms with van der Waals surface area (Å²) in [4.78, 5) is 10.7. The van der Waals surface area contributed by atoms with Gasteiger partial charge < -0.3 is 9.53 Å². The Kier molecular flexibility index (Phi) is 6.37. The van der Waals surface area contributed by atoms with Crippen molar-refractivity contribution in [2.45, 2.75) is 32.8 Å². The van der Waals surface area contributed by atoms with Gasteiger partial charge >= 0.3 is 0 Å². The molecule has 0 aliphatic heterocycles. The minimum atomic E-state index is -0.275. The van der Waals surface area contributed by atoms with Gasteiger partial charge in [-0.1, -0.05) is 6.07 Å². The van der Waals surface area contributed by atoms with Crippen LogP contribution in [0.1, 0.15) is 31.7 Å². The van der Waals surface area contributed by atoms with Crippen molar-refractivity contribution in [3.8, 4) is 0 Å². The molecular formula is C13H16BrFO2. The van der Waals surface area contributed by atoms with Crippen molar-refractivity contribution in [1.82, 2.24) is 0 Å². The largest absolute Gasteiger partial charge is 0.377 e. The Labute approximate surface area is 109 Å². The zero-order chi connectivity index (χ0) is 12.7. The second-order valence-electron chi connectivity index (χ2n) is 3.96. The number of ether oxygens (including phenoxy) is 1. The van der Waals surface area contributed by atoms with Crippen LogP contribution in [0.25, 0.3) is 0 Å². The summed E-state index contributed by atoms with van der Waals surface area (Å²) in [5.74, 6) is -0.0670. The molecule has 0 spiro atoms. The second kappa shape index (κ2) is 7.56. The Hall–Kier alpha value is -0.740. The molecule has 0 amide bonds. The average Bonchev–Trinajstić information content (AvgIpc) is 2.27. The van der Waals surface area contributed by atoms with E-state index in [9.17, 15) is 9.18 Å². The molecule has 0 aliphatic carbocycles. The predicted molar refractivity (Wildman–Crippen MR) is 68.3 cm³/mol. The highest BCUT2D eigenvalue weighted by atomic mass is 79.9. The van der Waals surface area contributed by atoms with Gasteiger partial charge in [-0.15, -0.1) is 0 Å². The quantitative estimate of drug-likeness (QED) is 0.715. The molecule has 0 unspecified atom stereocenters. The van der Waals surface area contributed by atoms with Crippen LogP contribution in [0.5, 0.6) is 0 Å². The standard InChI is InChI=1S/C13H16BrFO2/c1-10(16)4-2-3-7-17-9-11-5-6-12(14)13(15)8-11/h5-6,8H,2-4,7,9H2,1H3. The number of hydrogen-bond acceptors (Lipinski definition) is 2. The highest BCUT2D eigenvalue weighted by molar-refractivity contribution is 9.10. The van der Waals surface area contributed by atoms with E-state index in [4.69, 9.17) is 4.74 Å². The summed E-state index contributed by atoms with van der Waals surface area (Å²) in [7, 11) is 0. The maximum absolute atomic E-state index is 13.2. The molecule has 0 bridgehead atoms. The Morgan fingerprint density at radius 1 is 1.41 bits per heavy atom. The average molecular weight is 303 g/mol. The number of ketones is 1. The molecule has 4 heteroatoms. The third-order valence-corrected chi connectivity index (χ3v) is 2.96. The maximum Gasteiger partial charge on any atom is 0.137 e. The van der Waals surface area contributed by atoms with Gasteiger partial charge in [0.15, 0.2) is 0 Å². The Morgan fingerprint density at radius 2 is 2.18 bits per heavy atom. The Balaban J connectivity index is 2.18. The highest BCUT2D eigenvalue weighted by Gasteiger charge is 2.00. The summed E-state index contributed by atoms with van der Waals surface area (Å²) < 4.78 is 19.0. The van der Waals surface area contributed by atoms with E-state index in [0.717, 1.165) is 18.4 Å². The number of unbranched alkanes of at least 4 members (excludes halogenated alkanes) is 1. The fourth-order valence-electron chi connectivity index (χ4n) is 1.40. The van der Waals surface area contributed by atoms with Gasteiger partial charge in [0.25, 0.3) is 0 Å². The van der Waals surface area contributed by atoms with E-state index in [1.807, 2.05) is 6.07 Å². The lowest BCUT2D eigenvalue weighted by atomic mass is 10.2.